The van der Waals surface area contributed by atoms with Crippen molar-refractivity contribution in [3.63, 3.8) is 0 Å². The van der Waals surface area contributed by atoms with E-state index in [2.05, 4.69) is 15.3 Å². The number of benzene rings is 1. The number of nitrogens with zero attached hydrogens (tertiary/aromatic N) is 4. The number of carboxylic acids is 1. The van der Waals surface area contributed by atoms with Crippen molar-refractivity contribution in [2.24, 2.45) is 0 Å². The van der Waals surface area contributed by atoms with Crippen LogP contribution in [-0.4, -0.2) is 31.1 Å². The monoisotopic (exact) mass is 320 g/mol. The molecule has 0 atom stereocenters. The Hall–Kier alpha value is -2.25. The van der Waals surface area contributed by atoms with E-state index in [0.29, 0.717) is 22.8 Å². The van der Waals surface area contributed by atoms with E-state index in [0.717, 1.165) is 5.01 Å². The summed E-state index contributed by atoms with van der Waals surface area (Å²) in [7, 11) is 0. The summed E-state index contributed by atoms with van der Waals surface area (Å²) in [4.78, 5) is 15.5. The number of rotatable bonds is 4. The van der Waals surface area contributed by atoms with Gasteiger partial charge in [-0.3, -0.25) is 0 Å². The molecule has 21 heavy (non-hydrogen) atoms. The van der Waals surface area contributed by atoms with Gasteiger partial charge in [-0.1, -0.05) is 28.9 Å². The highest BCUT2D eigenvalue weighted by Gasteiger charge is 2.21. The van der Waals surface area contributed by atoms with Crippen LogP contribution in [0.5, 0.6) is 0 Å². The largest absolute Gasteiger partial charge is 0.476 e. The van der Waals surface area contributed by atoms with E-state index >= 15 is 0 Å². The second-order valence-electron chi connectivity index (χ2n) is 4.18. The van der Waals surface area contributed by atoms with Gasteiger partial charge in [0, 0.05) is 22.2 Å². The van der Waals surface area contributed by atoms with Gasteiger partial charge in [-0.2, -0.15) is 0 Å². The van der Waals surface area contributed by atoms with Gasteiger partial charge < -0.3 is 5.11 Å². The van der Waals surface area contributed by atoms with Gasteiger partial charge in [-0.25, -0.2) is 14.5 Å². The van der Waals surface area contributed by atoms with Gasteiger partial charge >= 0.3 is 5.97 Å². The highest BCUT2D eigenvalue weighted by Crippen LogP contribution is 2.25. The molecule has 0 amide bonds. The van der Waals surface area contributed by atoms with E-state index < -0.39 is 5.97 Å². The third kappa shape index (κ3) is 2.79. The van der Waals surface area contributed by atoms with Crippen molar-refractivity contribution in [3.8, 4) is 11.3 Å². The van der Waals surface area contributed by atoms with Crippen molar-refractivity contribution in [3.05, 3.63) is 51.6 Å². The summed E-state index contributed by atoms with van der Waals surface area (Å²) < 4.78 is 1.53. The number of hydrogen-bond donors (Lipinski definition) is 1. The van der Waals surface area contributed by atoms with Crippen molar-refractivity contribution in [1.29, 1.82) is 0 Å². The fourth-order valence-corrected chi connectivity index (χ4v) is 2.64. The van der Waals surface area contributed by atoms with Crippen molar-refractivity contribution in [1.82, 2.24) is 20.0 Å². The van der Waals surface area contributed by atoms with Gasteiger partial charge in [0.1, 0.15) is 10.7 Å². The molecule has 0 aliphatic rings. The van der Waals surface area contributed by atoms with Crippen LogP contribution >= 0.6 is 22.9 Å². The number of hydrogen-bond acceptors (Lipinski definition) is 5. The summed E-state index contributed by atoms with van der Waals surface area (Å²) in [6.45, 7) is 0.371. The van der Waals surface area contributed by atoms with Crippen molar-refractivity contribution in [2.45, 2.75) is 6.54 Å². The molecule has 6 nitrogen and oxygen atoms in total. The summed E-state index contributed by atoms with van der Waals surface area (Å²) in [5, 5.41) is 20.2. The molecule has 1 N–H and O–H groups in total. The molecule has 0 saturated heterocycles. The van der Waals surface area contributed by atoms with E-state index in [4.69, 9.17) is 11.6 Å². The Labute approximate surface area is 128 Å². The second-order valence-corrected chi connectivity index (χ2v) is 5.60. The molecule has 2 aromatic heterocycles. The molecule has 1 aromatic carbocycles. The van der Waals surface area contributed by atoms with Crippen LogP contribution in [0.25, 0.3) is 11.3 Å². The zero-order chi connectivity index (χ0) is 14.8. The number of thiazole rings is 1. The molecule has 0 radical (unpaired) electrons. The first-order valence-electron chi connectivity index (χ1n) is 5.96. The lowest BCUT2D eigenvalue weighted by molar-refractivity contribution is 0.0691. The second kappa shape index (κ2) is 5.63. The van der Waals surface area contributed by atoms with Crippen LogP contribution in [0, 0.1) is 0 Å². The van der Waals surface area contributed by atoms with Crippen LogP contribution in [0.2, 0.25) is 5.02 Å². The van der Waals surface area contributed by atoms with E-state index in [-0.39, 0.29) is 5.69 Å². The highest BCUT2D eigenvalue weighted by atomic mass is 35.5. The van der Waals surface area contributed by atoms with Gasteiger partial charge in [-0.15, -0.1) is 16.4 Å². The summed E-state index contributed by atoms with van der Waals surface area (Å²) in [5.74, 6) is -1.12. The molecule has 0 fully saturated rings. The molecule has 106 valence electrons. The maximum atomic E-state index is 11.3. The molecule has 0 spiro atoms. The number of aromatic nitrogens is 4. The topological polar surface area (TPSA) is 80.9 Å². The van der Waals surface area contributed by atoms with Crippen LogP contribution in [-0.2, 0) is 6.54 Å². The predicted octanol–water partition coefficient (Wildman–Crippen LogP) is 2.80. The minimum atomic E-state index is -1.12. The van der Waals surface area contributed by atoms with Crippen molar-refractivity contribution in [2.75, 3.05) is 0 Å². The predicted molar refractivity (Wildman–Crippen MR) is 78.6 cm³/mol. The first-order chi connectivity index (χ1) is 10.1. The average Bonchev–Trinajstić information content (AvgIpc) is 3.10. The zero-order valence-corrected chi connectivity index (χ0v) is 12.2. The maximum absolute atomic E-state index is 11.3. The van der Waals surface area contributed by atoms with Crippen LogP contribution < -0.4 is 0 Å². The van der Waals surface area contributed by atoms with Crippen LogP contribution in [0.1, 0.15) is 15.5 Å². The zero-order valence-electron chi connectivity index (χ0n) is 10.6. The summed E-state index contributed by atoms with van der Waals surface area (Å²) in [6, 6.07) is 6.88. The molecule has 3 rings (SSSR count). The first-order valence-corrected chi connectivity index (χ1v) is 7.22. The molecule has 8 heteroatoms. The third-order valence-corrected chi connectivity index (χ3v) is 3.84. The van der Waals surface area contributed by atoms with E-state index in [1.54, 1.807) is 30.5 Å². The van der Waals surface area contributed by atoms with Crippen LogP contribution in [0.4, 0.5) is 0 Å². The number of carbonyl (C=O) groups is 1. The molecule has 2 heterocycles. The van der Waals surface area contributed by atoms with Crippen LogP contribution in [0.15, 0.2) is 35.8 Å². The lowest BCUT2D eigenvalue weighted by atomic mass is 10.1. The third-order valence-electron chi connectivity index (χ3n) is 2.82. The summed E-state index contributed by atoms with van der Waals surface area (Å²) in [6.07, 6.45) is 1.69. The van der Waals surface area contributed by atoms with Gasteiger partial charge in [-0.05, 0) is 12.1 Å². The Kier molecular flexibility index (Phi) is 3.68. The van der Waals surface area contributed by atoms with Crippen LogP contribution in [0.3, 0.4) is 0 Å². The Balaban J connectivity index is 2.08. The summed E-state index contributed by atoms with van der Waals surface area (Å²) >= 11 is 7.34. The first kappa shape index (κ1) is 13.7. The fraction of sp³-hybridized carbons (Fsp3) is 0.0769. The van der Waals surface area contributed by atoms with Gasteiger partial charge in [0.15, 0.2) is 5.69 Å². The van der Waals surface area contributed by atoms with Crippen molar-refractivity contribution < 1.29 is 9.90 Å². The molecule has 0 saturated carbocycles. The molecular formula is C13H9ClN4O2S. The minimum absolute atomic E-state index is 0.0890. The molecule has 0 aliphatic heterocycles. The van der Waals surface area contributed by atoms with E-state index in [1.165, 1.54) is 16.0 Å². The quantitative estimate of drug-likeness (QED) is 0.799. The molecule has 0 unspecified atom stereocenters. The van der Waals surface area contributed by atoms with Gasteiger partial charge in [0.2, 0.25) is 0 Å². The Morgan fingerprint density at radius 3 is 2.71 bits per heavy atom. The van der Waals surface area contributed by atoms with Crippen molar-refractivity contribution >= 4 is 28.9 Å². The van der Waals surface area contributed by atoms with Gasteiger partial charge in [0.05, 0.1) is 6.54 Å². The minimum Gasteiger partial charge on any atom is -0.476 e. The Morgan fingerprint density at radius 2 is 2.10 bits per heavy atom. The fourth-order valence-electron chi connectivity index (χ4n) is 1.92. The molecular weight excluding hydrogens is 312 g/mol. The maximum Gasteiger partial charge on any atom is 0.358 e. The molecule has 0 bridgehead atoms. The summed E-state index contributed by atoms with van der Waals surface area (Å²) in [5.41, 5.74) is 1.04. The van der Waals surface area contributed by atoms with Gasteiger partial charge in [0.25, 0.3) is 0 Å². The number of carboxylic acid groups (broad SMARTS) is 1. The average molecular weight is 321 g/mol. The number of aromatic carboxylic acids is 1. The normalized spacial score (nSPS) is 10.7. The number of halogens is 1. The lowest BCUT2D eigenvalue weighted by Crippen LogP contribution is -2.06. The molecule has 0 aliphatic carbocycles. The Morgan fingerprint density at radius 1 is 1.33 bits per heavy atom. The Bertz CT molecular complexity index is 768. The molecule has 3 aromatic rings. The lowest BCUT2D eigenvalue weighted by Gasteiger charge is -2.06. The van der Waals surface area contributed by atoms with E-state index in [9.17, 15) is 9.90 Å². The van der Waals surface area contributed by atoms with E-state index in [1.807, 2.05) is 5.38 Å². The standard InChI is InChI=1S/C13H9ClN4O2S/c14-9-3-1-8(2-4-9)12-11(13(19)20)16-17-18(12)7-10-15-5-6-21-10/h1-6H,7H2,(H,19,20). The highest BCUT2D eigenvalue weighted by molar-refractivity contribution is 7.09. The smallest absolute Gasteiger partial charge is 0.358 e. The SMILES string of the molecule is O=C(O)c1nnn(Cc2nccs2)c1-c1ccc(Cl)cc1.